The predicted molar refractivity (Wildman–Crippen MR) is 129 cm³/mol. The Morgan fingerprint density at radius 2 is 1.78 bits per heavy atom. The number of fused-ring (bicyclic) bond motifs is 1. The summed E-state index contributed by atoms with van der Waals surface area (Å²) < 4.78 is 4.46. The number of nitrogens with one attached hydrogen (secondary N) is 1. The van der Waals surface area contributed by atoms with E-state index in [9.17, 15) is 0 Å². The Labute approximate surface area is 190 Å². The molecule has 32 heavy (non-hydrogen) atoms. The molecule has 2 aromatic carbocycles. The molecule has 0 fully saturated rings. The number of hydrogen-bond acceptors (Lipinski definition) is 3. The first-order valence-corrected chi connectivity index (χ1v) is 11.5. The largest absolute Gasteiger partial charge is 0.333 e. The summed E-state index contributed by atoms with van der Waals surface area (Å²) in [5.41, 5.74) is 8.52. The van der Waals surface area contributed by atoms with Gasteiger partial charge in [0.05, 0.1) is 17.9 Å². The zero-order valence-corrected chi connectivity index (χ0v) is 19.2. The molecule has 5 rings (SSSR count). The maximum Gasteiger partial charge on any atom is 0.109 e. The second kappa shape index (κ2) is 8.75. The van der Waals surface area contributed by atoms with Gasteiger partial charge in [0.15, 0.2) is 0 Å². The lowest BCUT2D eigenvalue weighted by atomic mass is 10.1. The van der Waals surface area contributed by atoms with Crippen molar-refractivity contribution in [2.75, 3.05) is 0 Å². The van der Waals surface area contributed by atoms with E-state index < -0.39 is 0 Å². The Hall–Kier alpha value is -3.18. The Morgan fingerprint density at radius 3 is 2.56 bits per heavy atom. The van der Waals surface area contributed by atoms with Gasteiger partial charge < -0.3 is 9.88 Å². The van der Waals surface area contributed by atoms with Gasteiger partial charge in [-0.1, -0.05) is 60.2 Å². The normalized spacial score (nSPS) is 15.7. The average Bonchev–Trinajstić information content (AvgIpc) is 3.35. The second-order valence-electron chi connectivity index (χ2n) is 8.97. The highest BCUT2D eigenvalue weighted by Crippen LogP contribution is 2.23. The summed E-state index contributed by atoms with van der Waals surface area (Å²) >= 11 is 0. The fourth-order valence-electron chi connectivity index (χ4n) is 4.62. The van der Waals surface area contributed by atoms with Crippen LogP contribution < -0.4 is 5.32 Å². The molecule has 1 aliphatic heterocycles. The van der Waals surface area contributed by atoms with Crippen LogP contribution in [0.25, 0.3) is 11.3 Å². The molecule has 0 radical (unpaired) electrons. The SMILES string of the molecule is Cc1ccc(Cn2nc(C)c(CNC3CCc4nc(-c5ccccc5)cn4C3)c2C)cc1. The van der Waals surface area contributed by atoms with E-state index in [4.69, 9.17) is 10.1 Å². The molecule has 1 aliphatic rings. The lowest BCUT2D eigenvalue weighted by molar-refractivity contribution is 0.378. The monoisotopic (exact) mass is 425 g/mol. The Kier molecular flexibility index (Phi) is 5.66. The lowest BCUT2D eigenvalue weighted by Gasteiger charge is -2.25. The van der Waals surface area contributed by atoms with Gasteiger partial charge in [0, 0.05) is 48.6 Å². The van der Waals surface area contributed by atoms with Crippen LogP contribution in [0.1, 0.15) is 40.3 Å². The van der Waals surface area contributed by atoms with E-state index in [1.807, 2.05) is 6.07 Å². The standard InChI is InChI=1S/C27H31N5/c1-19-9-11-22(12-10-19)16-32-21(3)25(20(2)30-32)15-28-24-13-14-27-29-26(18-31(27)17-24)23-7-5-4-6-8-23/h4-12,18,24,28H,13-17H2,1-3H3. The van der Waals surface area contributed by atoms with Crippen molar-refractivity contribution in [1.29, 1.82) is 0 Å². The highest BCUT2D eigenvalue weighted by Gasteiger charge is 2.21. The van der Waals surface area contributed by atoms with Crippen LogP contribution in [0.5, 0.6) is 0 Å². The minimum Gasteiger partial charge on any atom is -0.333 e. The number of imidazole rings is 1. The third kappa shape index (κ3) is 4.26. The Balaban J connectivity index is 1.24. The van der Waals surface area contributed by atoms with Crippen LogP contribution in [0.4, 0.5) is 0 Å². The first kappa shape index (κ1) is 20.7. The van der Waals surface area contributed by atoms with Crippen molar-refractivity contribution in [1.82, 2.24) is 24.6 Å². The van der Waals surface area contributed by atoms with E-state index in [-0.39, 0.29) is 0 Å². The van der Waals surface area contributed by atoms with Crippen molar-refractivity contribution < 1.29 is 0 Å². The van der Waals surface area contributed by atoms with Gasteiger partial charge in [0.2, 0.25) is 0 Å². The zero-order valence-electron chi connectivity index (χ0n) is 19.2. The van der Waals surface area contributed by atoms with Crippen molar-refractivity contribution in [3.05, 3.63) is 94.7 Å². The lowest BCUT2D eigenvalue weighted by Crippen LogP contribution is -2.37. The highest BCUT2D eigenvalue weighted by molar-refractivity contribution is 5.58. The maximum absolute atomic E-state index is 4.87. The van der Waals surface area contributed by atoms with Crippen molar-refractivity contribution in [3.63, 3.8) is 0 Å². The van der Waals surface area contributed by atoms with Crippen LogP contribution in [0, 0.1) is 20.8 Å². The third-order valence-corrected chi connectivity index (χ3v) is 6.61. The van der Waals surface area contributed by atoms with Crippen LogP contribution in [-0.2, 0) is 26.1 Å². The van der Waals surface area contributed by atoms with E-state index in [2.05, 4.69) is 90.1 Å². The van der Waals surface area contributed by atoms with Gasteiger partial charge in [-0.05, 0) is 32.8 Å². The van der Waals surface area contributed by atoms with E-state index in [0.717, 1.165) is 43.9 Å². The van der Waals surface area contributed by atoms with Gasteiger partial charge in [0.25, 0.3) is 0 Å². The quantitative estimate of drug-likeness (QED) is 0.482. The molecular weight excluding hydrogens is 394 g/mol. The smallest absolute Gasteiger partial charge is 0.109 e. The molecule has 1 unspecified atom stereocenters. The zero-order chi connectivity index (χ0) is 22.1. The molecule has 0 aliphatic carbocycles. The van der Waals surface area contributed by atoms with Gasteiger partial charge in [-0.25, -0.2) is 4.98 Å². The summed E-state index contributed by atoms with van der Waals surface area (Å²) in [5.74, 6) is 1.19. The topological polar surface area (TPSA) is 47.7 Å². The molecule has 1 atom stereocenters. The van der Waals surface area contributed by atoms with Crippen LogP contribution in [0.2, 0.25) is 0 Å². The summed E-state index contributed by atoms with van der Waals surface area (Å²) in [7, 11) is 0. The number of aryl methyl sites for hydroxylation is 3. The first-order chi connectivity index (χ1) is 15.6. The number of hydrogen-bond donors (Lipinski definition) is 1. The van der Waals surface area contributed by atoms with Gasteiger partial charge in [-0.2, -0.15) is 5.10 Å². The third-order valence-electron chi connectivity index (χ3n) is 6.61. The summed E-state index contributed by atoms with van der Waals surface area (Å²) in [4.78, 5) is 4.87. The summed E-state index contributed by atoms with van der Waals surface area (Å²) in [6.45, 7) is 9.06. The van der Waals surface area contributed by atoms with Crippen molar-refractivity contribution >= 4 is 0 Å². The maximum atomic E-state index is 4.87. The minimum absolute atomic E-state index is 0.444. The number of rotatable bonds is 6. The molecule has 3 heterocycles. The Bertz CT molecular complexity index is 1200. The van der Waals surface area contributed by atoms with Gasteiger partial charge in [-0.15, -0.1) is 0 Å². The molecule has 5 heteroatoms. The van der Waals surface area contributed by atoms with Crippen molar-refractivity contribution in [3.8, 4) is 11.3 Å². The Morgan fingerprint density at radius 1 is 1.00 bits per heavy atom. The van der Waals surface area contributed by atoms with Crippen molar-refractivity contribution in [2.45, 2.75) is 59.3 Å². The summed E-state index contributed by atoms with van der Waals surface area (Å²) in [6.07, 6.45) is 4.32. The number of benzene rings is 2. The fraction of sp³-hybridized carbons (Fsp3) is 0.333. The van der Waals surface area contributed by atoms with E-state index in [1.54, 1.807) is 0 Å². The molecule has 5 nitrogen and oxygen atoms in total. The van der Waals surface area contributed by atoms with Gasteiger partial charge in [-0.3, -0.25) is 4.68 Å². The number of nitrogens with zero attached hydrogens (tertiary/aromatic N) is 4. The molecular formula is C27H31N5. The van der Waals surface area contributed by atoms with E-state index in [0.29, 0.717) is 6.04 Å². The molecule has 2 aromatic heterocycles. The molecule has 0 saturated carbocycles. The van der Waals surface area contributed by atoms with Crippen LogP contribution in [0.15, 0.2) is 60.8 Å². The molecule has 164 valence electrons. The summed E-state index contributed by atoms with van der Waals surface area (Å²) in [5, 5.41) is 8.62. The molecule has 0 saturated heterocycles. The average molecular weight is 426 g/mol. The van der Waals surface area contributed by atoms with Crippen molar-refractivity contribution in [2.24, 2.45) is 0 Å². The molecule has 4 aromatic rings. The molecule has 0 spiro atoms. The predicted octanol–water partition coefficient (Wildman–Crippen LogP) is 4.82. The van der Waals surface area contributed by atoms with E-state index in [1.165, 1.54) is 33.8 Å². The molecule has 0 bridgehead atoms. The van der Waals surface area contributed by atoms with E-state index >= 15 is 0 Å². The fourth-order valence-corrected chi connectivity index (χ4v) is 4.62. The highest BCUT2D eigenvalue weighted by atomic mass is 15.3. The van der Waals surface area contributed by atoms with Gasteiger partial charge in [0.1, 0.15) is 5.82 Å². The second-order valence-corrected chi connectivity index (χ2v) is 8.97. The first-order valence-electron chi connectivity index (χ1n) is 11.5. The van der Waals surface area contributed by atoms with Gasteiger partial charge >= 0.3 is 0 Å². The molecule has 0 amide bonds. The minimum atomic E-state index is 0.444. The molecule has 1 N–H and O–H groups in total. The van der Waals surface area contributed by atoms with Crippen LogP contribution in [-0.4, -0.2) is 25.4 Å². The van der Waals surface area contributed by atoms with Crippen LogP contribution in [0.3, 0.4) is 0 Å². The van der Waals surface area contributed by atoms with Crippen LogP contribution >= 0.6 is 0 Å². The summed E-state index contributed by atoms with van der Waals surface area (Å²) in [6, 6.07) is 19.6. The number of aromatic nitrogens is 4.